The molecule has 6 heteroatoms. The van der Waals surface area contributed by atoms with Crippen molar-refractivity contribution in [2.75, 3.05) is 19.7 Å². The number of ether oxygens (including phenoxy) is 1. The fourth-order valence-corrected chi connectivity index (χ4v) is 2.08. The van der Waals surface area contributed by atoms with Gasteiger partial charge in [0, 0.05) is 13.1 Å². The van der Waals surface area contributed by atoms with E-state index in [0.29, 0.717) is 25.9 Å². The number of hydrogen-bond donors (Lipinski definition) is 2. The molecule has 1 saturated carbocycles. The summed E-state index contributed by atoms with van der Waals surface area (Å²) in [6, 6.07) is 0. The number of carboxylic acids is 1. The van der Waals surface area contributed by atoms with Crippen LogP contribution in [0.4, 0.5) is 0 Å². The van der Waals surface area contributed by atoms with Gasteiger partial charge in [-0.2, -0.15) is 0 Å². The molecule has 1 aliphatic heterocycles. The third-order valence-electron chi connectivity index (χ3n) is 3.39. The van der Waals surface area contributed by atoms with E-state index < -0.39 is 11.5 Å². The smallest absolute Gasteiger partial charge is 0.329 e. The molecule has 3 N–H and O–H groups in total. The van der Waals surface area contributed by atoms with E-state index in [1.807, 2.05) is 0 Å². The Morgan fingerprint density at radius 1 is 1.35 bits per heavy atom. The molecule has 0 bridgehead atoms. The lowest BCUT2D eigenvalue weighted by atomic mass is 10.1. The molecule has 0 spiro atoms. The van der Waals surface area contributed by atoms with Crippen LogP contribution < -0.4 is 5.73 Å². The van der Waals surface area contributed by atoms with Crippen LogP contribution in [0.15, 0.2) is 0 Å². The van der Waals surface area contributed by atoms with Gasteiger partial charge in [-0.15, -0.1) is 0 Å². The highest BCUT2D eigenvalue weighted by Gasteiger charge is 2.48. The van der Waals surface area contributed by atoms with Gasteiger partial charge in [-0.25, -0.2) is 4.79 Å². The first-order valence-corrected chi connectivity index (χ1v) is 5.93. The lowest BCUT2D eigenvalue weighted by Crippen LogP contribution is -2.49. The second-order valence-corrected chi connectivity index (χ2v) is 4.85. The van der Waals surface area contributed by atoms with Crippen molar-refractivity contribution in [2.45, 2.75) is 37.3 Å². The van der Waals surface area contributed by atoms with E-state index in [9.17, 15) is 9.59 Å². The molecule has 2 fully saturated rings. The van der Waals surface area contributed by atoms with Crippen molar-refractivity contribution in [3.05, 3.63) is 0 Å². The zero-order chi connectivity index (χ0) is 12.5. The van der Waals surface area contributed by atoms with Crippen molar-refractivity contribution < 1.29 is 19.4 Å². The topological polar surface area (TPSA) is 92.9 Å². The van der Waals surface area contributed by atoms with Crippen LogP contribution >= 0.6 is 0 Å². The lowest BCUT2D eigenvalue weighted by molar-refractivity contribution is -0.147. The molecule has 17 heavy (non-hydrogen) atoms. The van der Waals surface area contributed by atoms with E-state index in [1.54, 1.807) is 4.90 Å². The molecule has 1 saturated heterocycles. The molecule has 0 aromatic heterocycles. The van der Waals surface area contributed by atoms with Gasteiger partial charge in [0.25, 0.3) is 0 Å². The van der Waals surface area contributed by atoms with Gasteiger partial charge in [-0.1, -0.05) is 0 Å². The monoisotopic (exact) mass is 242 g/mol. The summed E-state index contributed by atoms with van der Waals surface area (Å²) in [4.78, 5) is 24.0. The van der Waals surface area contributed by atoms with Crippen LogP contribution in [0.5, 0.6) is 0 Å². The third kappa shape index (κ3) is 2.95. The summed E-state index contributed by atoms with van der Waals surface area (Å²) in [5.41, 5.74) is 5.25. The average Bonchev–Trinajstić information content (AvgIpc) is 3.06. The summed E-state index contributed by atoms with van der Waals surface area (Å²) < 4.78 is 5.20. The number of aliphatic carboxylic acids is 1. The van der Waals surface area contributed by atoms with Gasteiger partial charge in [-0.05, 0) is 25.7 Å². The molecule has 0 radical (unpaired) electrons. The predicted molar refractivity (Wildman–Crippen MR) is 59.3 cm³/mol. The fraction of sp³-hybridized carbons (Fsp3) is 0.818. The first-order valence-electron chi connectivity index (χ1n) is 5.93. The Balaban J connectivity index is 1.74. The summed E-state index contributed by atoms with van der Waals surface area (Å²) in [7, 11) is 0. The minimum Gasteiger partial charge on any atom is -0.480 e. The lowest BCUT2D eigenvalue weighted by Gasteiger charge is -2.33. The minimum absolute atomic E-state index is 0.0363. The van der Waals surface area contributed by atoms with E-state index >= 15 is 0 Å². The Hall–Kier alpha value is -1.14. The number of nitrogens with zero attached hydrogens (tertiary/aromatic N) is 1. The molecule has 0 unspecified atom stereocenters. The molecule has 2 aliphatic rings. The van der Waals surface area contributed by atoms with Crippen molar-refractivity contribution in [3.63, 3.8) is 0 Å². The van der Waals surface area contributed by atoms with Crippen LogP contribution in [0, 0.1) is 0 Å². The Bertz CT molecular complexity index is 319. The van der Waals surface area contributed by atoms with Gasteiger partial charge in [0.1, 0.15) is 6.61 Å². The van der Waals surface area contributed by atoms with E-state index in [1.165, 1.54) is 0 Å². The molecule has 2 rings (SSSR count). The molecule has 1 heterocycles. The number of amides is 1. The number of carboxylic acid groups (broad SMARTS) is 1. The van der Waals surface area contributed by atoms with E-state index in [-0.39, 0.29) is 18.6 Å². The van der Waals surface area contributed by atoms with Crippen molar-refractivity contribution in [1.82, 2.24) is 4.90 Å². The van der Waals surface area contributed by atoms with E-state index in [4.69, 9.17) is 15.6 Å². The molecular formula is C11H18N2O4. The minimum atomic E-state index is -0.956. The standard InChI is InChI=1S/C11H18N2O4/c12-11(3-4-11)10(16)13-5-1-8(2-6-13)17-7-9(14)15/h8H,1-7,12H2,(H,14,15). The number of piperidine rings is 1. The van der Waals surface area contributed by atoms with Crippen LogP contribution in [-0.4, -0.2) is 53.2 Å². The van der Waals surface area contributed by atoms with Crippen molar-refractivity contribution >= 4 is 11.9 Å². The summed E-state index contributed by atoms with van der Waals surface area (Å²) in [5, 5.41) is 8.49. The zero-order valence-electron chi connectivity index (χ0n) is 9.72. The summed E-state index contributed by atoms with van der Waals surface area (Å²) >= 11 is 0. The highest BCUT2D eigenvalue weighted by Crippen LogP contribution is 2.34. The van der Waals surface area contributed by atoms with Gasteiger partial charge in [-0.3, -0.25) is 4.79 Å². The molecule has 0 aromatic carbocycles. The van der Waals surface area contributed by atoms with Gasteiger partial charge >= 0.3 is 5.97 Å². The Morgan fingerprint density at radius 2 is 1.94 bits per heavy atom. The van der Waals surface area contributed by atoms with Crippen molar-refractivity contribution in [3.8, 4) is 0 Å². The second-order valence-electron chi connectivity index (χ2n) is 4.85. The summed E-state index contributed by atoms with van der Waals surface area (Å²) in [6.45, 7) is 0.962. The largest absolute Gasteiger partial charge is 0.480 e. The maximum absolute atomic E-state index is 11.9. The highest BCUT2D eigenvalue weighted by atomic mass is 16.5. The molecule has 96 valence electrons. The zero-order valence-corrected chi connectivity index (χ0v) is 9.72. The normalized spacial score (nSPS) is 23.5. The number of carbonyl (C=O) groups is 2. The number of hydrogen-bond acceptors (Lipinski definition) is 4. The summed E-state index contributed by atoms with van der Waals surface area (Å²) in [6.07, 6.45) is 2.88. The van der Waals surface area contributed by atoms with Gasteiger partial charge in [0.2, 0.25) is 5.91 Å². The van der Waals surface area contributed by atoms with Gasteiger partial charge in [0.05, 0.1) is 11.6 Å². The third-order valence-corrected chi connectivity index (χ3v) is 3.39. The molecule has 0 aromatic rings. The Morgan fingerprint density at radius 3 is 2.41 bits per heavy atom. The van der Waals surface area contributed by atoms with Crippen LogP contribution in [0.25, 0.3) is 0 Å². The average molecular weight is 242 g/mol. The molecule has 6 nitrogen and oxygen atoms in total. The second kappa shape index (κ2) is 4.62. The van der Waals surface area contributed by atoms with Crippen molar-refractivity contribution in [1.29, 1.82) is 0 Å². The maximum Gasteiger partial charge on any atom is 0.329 e. The van der Waals surface area contributed by atoms with Gasteiger partial charge < -0.3 is 20.5 Å². The highest BCUT2D eigenvalue weighted by molar-refractivity contribution is 5.89. The maximum atomic E-state index is 11.9. The first-order chi connectivity index (χ1) is 8.01. The molecular weight excluding hydrogens is 224 g/mol. The number of likely N-dealkylation sites (tertiary alicyclic amines) is 1. The van der Waals surface area contributed by atoms with Crippen LogP contribution in [-0.2, 0) is 14.3 Å². The quantitative estimate of drug-likeness (QED) is 0.697. The van der Waals surface area contributed by atoms with Crippen LogP contribution in [0.3, 0.4) is 0 Å². The molecule has 0 atom stereocenters. The van der Waals surface area contributed by atoms with Gasteiger partial charge in [0.15, 0.2) is 0 Å². The van der Waals surface area contributed by atoms with Crippen molar-refractivity contribution in [2.24, 2.45) is 5.73 Å². The predicted octanol–water partition coefficient (Wildman–Crippen LogP) is -0.430. The number of nitrogens with two attached hydrogens (primary N) is 1. The Kier molecular flexibility index (Phi) is 3.35. The number of carbonyl (C=O) groups excluding carboxylic acids is 1. The molecule has 1 amide bonds. The van der Waals surface area contributed by atoms with Crippen LogP contribution in [0.2, 0.25) is 0 Å². The Labute approximate surface area is 99.7 Å². The number of rotatable bonds is 4. The summed E-state index contributed by atoms with van der Waals surface area (Å²) in [5.74, 6) is -0.920. The fourth-order valence-electron chi connectivity index (χ4n) is 2.08. The van der Waals surface area contributed by atoms with E-state index in [2.05, 4.69) is 0 Å². The SMILES string of the molecule is NC1(C(=O)N2CCC(OCC(=O)O)CC2)CC1. The molecule has 1 aliphatic carbocycles. The van der Waals surface area contributed by atoms with Crippen LogP contribution in [0.1, 0.15) is 25.7 Å². The first kappa shape index (κ1) is 12.3. The van der Waals surface area contributed by atoms with E-state index in [0.717, 1.165) is 12.8 Å².